The van der Waals surface area contributed by atoms with Gasteiger partial charge in [0.2, 0.25) is 0 Å². The van der Waals surface area contributed by atoms with Crippen molar-refractivity contribution in [3.05, 3.63) is 28.2 Å². The molecule has 0 aromatic heterocycles. The van der Waals surface area contributed by atoms with Gasteiger partial charge in [-0.3, -0.25) is 0 Å². The number of hydrogen-bond acceptors (Lipinski definition) is 2. The molecule has 1 aliphatic carbocycles. The van der Waals surface area contributed by atoms with E-state index in [1.54, 1.807) is 0 Å². The average Bonchev–Trinajstić information content (AvgIpc) is 3.08. The van der Waals surface area contributed by atoms with Crippen molar-refractivity contribution in [1.29, 1.82) is 0 Å². The predicted molar refractivity (Wildman–Crippen MR) is 84.5 cm³/mol. The van der Waals surface area contributed by atoms with E-state index in [1.165, 1.54) is 32.1 Å². The van der Waals surface area contributed by atoms with Crippen molar-refractivity contribution in [3.8, 4) is 5.75 Å². The van der Waals surface area contributed by atoms with E-state index in [4.69, 9.17) is 21.1 Å². The standard InChI is InChI=1S/C16H20BrClO2/c17-13-3-4-15(12(9-13)10-18)19-11-14-5-8-16(20-14)6-1-2-7-16/h3-4,9,14H,1-2,5-8,10-11H2. The quantitative estimate of drug-likeness (QED) is 0.700. The van der Waals surface area contributed by atoms with E-state index < -0.39 is 0 Å². The summed E-state index contributed by atoms with van der Waals surface area (Å²) in [5.41, 5.74) is 1.21. The van der Waals surface area contributed by atoms with Gasteiger partial charge < -0.3 is 9.47 Å². The number of hydrogen-bond donors (Lipinski definition) is 0. The van der Waals surface area contributed by atoms with Gasteiger partial charge in [-0.15, -0.1) is 11.6 Å². The van der Waals surface area contributed by atoms with E-state index in [9.17, 15) is 0 Å². The fraction of sp³-hybridized carbons (Fsp3) is 0.625. The van der Waals surface area contributed by atoms with Gasteiger partial charge in [0.05, 0.1) is 17.6 Å². The maximum Gasteiger partial charge on any atom is 0.123 e. The molecule has 110 valence electrons. The summed E-state index contributed by atoms with van der Waals surface area (Å²) in [6, 6.07) is 5.97. The Labute approximate surface area is 133 Å². The van der Waals surface area contributed by atoms with E-state index in [0.717, 1.165) is 22.2 Å². The first-order valence-electron chi connectivity index (χ1n) is 7.36. The number of benzene rings is 1. The lowest BCUT2D eigenvalue weighted by Crippen LogP contribution is -2.27. The van der Waals surface area contributed by atoms with Crippen LogP contribution in [0, 0.1) is 0 Å². The predicted octanol–water partition coefficient (Wildman–Crippen LogP) is 5.06. The van der Waals surface area contributed by atoms with E-state index in [2.05, 4.69) is 15.9 Å². The molecule has 1 unspecified atom stereocenters. The molecule has 0 amide bonds. The first-order chi connectivity index (χ1) is 9.71. The van der Waals surface area contributed by atoms with Crippen LogP contribution in [0.3, 0.4) is 0 Å². The lowest BCUT2D eigenvalue weighted by molar-refractivity contribution is -0.0509. The molecule has 2 nitrogen and oxygen atoms in total. The summed E-state index contributed by atoms with van der Waals surface area (Å²) >= 11 is 9.42. The minimum atomic E-state index is 0.184. The Morgan fingerprint density at radius 3 is 2.85 bits per heavy atom. The second-order valence-corrected chi connectivity index (χ2v) is 7.05. The highest BCUT2D eigenvalue weighted by atomic mass is 79.9. The molecule has 2 aliphatic rings. The van der Waals surface area contributed by atoms with Crippen LogP contribution in [0.1, 0.15) is 44.1 Å². The Hall–Kier alpha value is -0.250. The Bertz CT molecular complexity index is 472. The van der Waals surface area contributed by atoms with Gasteiger partial charge in [0.15, 0.2) is 0 Å². The fourth-order valence-electron chi connectivity index (χ4n) is 3.38. The Balaban J connectivity index is 1.57. The molecule has 1 aliphatic heterocycles. The second kappa shape index (κ2) is 6.25. The molecule has 0 bridgehead atoms. The zero-order valence-electron chi connectivity index (χ0n) is 11.5. The van der Waals surface area contributed by atoms with Crippen molar-refractivity contribution in [2.75, 3.05) is 6.61 Å². The maximum absolute atomic E-state index is 6.26. The number of ether oxygens (including phenoxy) is 2. The summed E-state index contributed by atoms with van der Waals surface area (Å²) in [7, 11) is 0. The van der Waals surface area contributed by atoms with Crippen LogP contribution in [0.5, 0.6) is 5.75 Å². The van der Waals surface area contributed by atoms with Crippen LogP contribution in [0.4, 0.5) is 0 Å². The number of alkyl halides is 1. The van der Waals surface area contributed by atoms with Crippen molar-refractivity contribution in [1.82, 2.24) is 0 Å². The molecule has 1 heterocycles. The zero-order valence-corrected chi connectivity index (χ0v) is 13.9. The summed E-state index contributed by atoms with van der Waals surface area (Å²) in [5.74, 6) is 1.34. The fourth-order valence-corrected chi connectivity index (χ4v) is 3.99. The number of rotatable bonds is 4. The van der Waals surface area contributed by atoms with Gasteiger partial charge in [-0.1, -0.05) is 28.8 Å². The molecule has 0 radical (unpaired) electrons. The molecular formula is C16H20BrClO2. The minimum Gasteiger partial charge on any atom is -0.491 e. The van der Waals surface area contributed by atoms with Crippen LogP contribution in [0.25, 0.3) is 0 Å². The third-order valence-corrected chi connectivity index (χ3v) is 5.23. The SMILES string of the molecule is ClCc1cc(Br)ccc1OCC1CCC2(CCCC2)O1. The highest BCUT2D eigenvalue weighted by Gasteiger charge is 2.42. The third kappa shape index (κ3) is 3.15. The van der Waals surface area contributed by atoms with Crippen LogP contribution in [0.2, 0.25) is 0 Å². The number of halogens is 2. The molecule has 2 fully saturated rings. The molecule has 0 N–H and O–H groups in total. The molecule has 20 heavy (non-hydrogen) atoms. The lowest BCUT2D eigenvalue weighted by atomic mass is 9.98. The molecule has 1 spiro atoms. The Morgan fingerprint density at radius 2 is 2.10 bits per heavy atom. The summed E-state index contributed by atoms with van der Waals surface area (Å²) in [5, 5.41) is 0. The van der Waals surface area contributed by atoms with Gasteiger partial charge >= 0.3 is 0 Å². The van der Waals surface area contributed by atoms with Gasteiger partial charge in [0.1, 0.15) is 12.4 Å². The van der Waals surface area contributed by atoms with Gasteiger partial charge in [0, 0.05) is 10.0 Å². The van der Waals surface area contributed by atoms with E-state index in [-0.39, 0.29) is 11.7 Å². The first-order valence-corrected chi connectivity index (χ1v) is 8.69. The van der Waals surface area contributed by atoms with Crippen LogP contribution in [-0.2, 0) is 10.6 Å². The van der Waals surface area contributed by atoms with Crippen molar-refractivity contribution < 1.29 is 9.47 Å². The maximum atomic E-state index is 6.26. The van der Waals surface area contributed by atoms with E-state index >= 15 is 0 Å². The summed E-state index contributed by atoms with van der Waals surface area (Å²) < 4.78 is 13.2. The molecule has 4 heteroatoms. The first kappa shape index (κ1) is 14.7. The monoisotopic (exact) mass is 358 g/mol. The lowest BCUT2D eigenvalue weighted by Gasteiger charge is -2.24. The largest absolute Gasteiger partial charge is 0.491 e. The highest BCUT2D eigenvalue weighted by molar-refractivity contribution is 9.10. The Morgan fingerprint density at radius 1 is 1.30 bits per heavy atom. The second-order valence-electron chi connectivity index (χ2n) is 5.87. The molecular weight excluding hydrogens is 340 g/mol. The van der Waals surface area contributed by atoms with Crippen LogP contribution < -0.4 is 4.74 Å². The van der Waals surface area contributed by atoms with E-state index in [0.29, 0.717) is 12.5 Å². The van der Waals surface area contributed by atoms with Gasteiger partial charge in [-0.25, -0.2) is 0 Å². The van der Waals surface area contributed by atoms with Gasteiger partial charge in [-0.05, 0) is 43.9 Å². The molecule has 1 aromatic rings. The molecule has 1 aromatic carbocycles. The van der Waals surface area contributed by atoms with Crippen LogP contribution in [-0.4, -0.2) is 18.3 Å². The van der Waals surface area contributed by atoms with Crippen LogP contribution >= 0.6 is 27.5 Å². The van der Waals surface area contributed by atoms with E-state index in [1.807, 2.05) is 18.2 Å². The topological polar surface area (TPSA) is 18.5 Å². The molecule has 1 saturated heterocycles. The van der Waals surface area contributed by atoms with Crippen molar-refractivity contribution >= 4 is 27.5 Å². The molecule has 3 rings (SSSR count). The average molecular weight is 360 g/mol. The van der Waals surface area contributed by atoms with Crippen molar-refractivity contribution in [2.45, 2.75) is 56.1 Å². The highest BCUT2D eigenvalue weighted by Crippen LogP contribution is 2.43. The van der Waals surface area contributed by atoms with Gasteiger partial charge in [0.25, 0.3) is 0 Å². The summed E-state index contributed by atoms with van der Waals surface area (Å²) in [6.45, 7) is 0.632. The normalized spacial score (nSPS) is 24.4. The summed E-state index contributed by atoms with van der Waals surface area (Å²) in [6.07, 6.45) is 7.65. The third-order valence-electron chi connectivity index (χ3n) is 4.44. The van der Waals surface area contributed by atoms with Crippen LogP contribution in [0.15, 0.2) is 22.7 Å². The van der Waals surface area contributed by atoms with Crippen molar-refractivity contribution in [3.63, 3.8) is 0 Å². The Kier molecular flexibility index (Phi) is 4.58. The molecule has 1 atom stereocenters. The summed E-state index contributed by atoms with van der Waals surface area (Å²) in [4.78, 5) is 0. The van der Waals surface area contributed by atoms with Gasteiger partial charge in [-0.2, -0.15) is 0 Å². The zero-order chi connectivity index (χ0) is 14.0. The molecule has 1 saturated carbocycles. The van der Waals surface area contributed by atoms with Crippen molar-refractivity contribution in [2.24, 2.45) is 0 Å². The smallest absolute Gasteiger partial charge is 0.123 e. The minimum absolute atomic E-state index is 0.184.